The summed E-state index contributed by atoms with van der Waals surface area (Å²) in [6, 6.07) is 37.5. The number of carbonyl (C=O) groups is 3. The first-order valence-electron chi connectivity index (χ1n) is 30.0. The number of hydrogen-bond acceptors (Lipinski definition) is 17. The monoisotopic (exact) mass is 1170 g/mol. The fourth-order valence-corrected chi connectivity index (χ4v) is 12.8. The Labute approximate surface area is 497 Å². The first-order chi connectivity index (χ1) is 41.9. The molecule has 12 rings (SSSR count). The summed E-state index contributed by atoms with van der Waals surface area (Å²) in [5, 5.41) is 64.6. The zero-order chi connectivity index (χ0) is 59.4. The van der Waals surface area contributed by atoms with E-state index in [4.69, 9.17) is 29.9 Å². The lowest BCUT2D eigenvalue weighted by atomic mass is 9.91. The van der Waals surface area contributed by atoms with Gasteiger partial charge in [-0.25, -0.2) is 14.8 Å². The second-order valence-corrected chi connectivity index (χ2v) is 23.0. The average molecular weight is 1170 g/mol. The number of fused-ring (bicyclic) bond motifs is 2. The van der Waals surface area contributed by atoms with Crippen LogP contribution in [-0.4, -0.2) is 165 Å². The van der Waals surface area contributed by atoms with Gasteiger partial charge in [0.15, 0.2) is 34.0 Å². The van der Waals surface area contributed by atoms with Gasteiger partial charge in [-0.05, 0) is 47.9 Å². The molecule has 2 saturated heterocycles. The summed E-state index contributed by atoms with van der Waals surface area (Å²) in [7, 11) is 0. The Morgan fingerprint density at radius 2 is 0.860 bits per heavy atom. The maximum atomic E-state index is 14.0. The lowest BCUT2D eigenvalue weighted by Gasteiger charge is -2.23. The zero-order valence-corrected chi connectivity index (χ0v) is 48.1. The minimum Gasteiger partial charge on any atom is -0.388 e. The molecule has 4 aromatic carbocycles. The van der Waals surface area contributed by atoms with Crippen molar-refractivity contribution in [2.45, 2.75) is 125 Å². The van der Waals surface area contributed by atoms with Crippen molar-refractivity contribution in [2.24, 2.45) is 0 Å². The van der Waals surface area contributed by atoms with Crippen molar-refractivity contribution in [2.75, 3.05) is 59.7 Å². The van der Waals surface area contributed by atoms with Crippen LogP contribution in [-0.2, 0) is 9.59 Å². The van der Waals surface area contributed by atoms with E-state index in [0.717, 1.165) is 22.3 Å². The van der Waals surface area contributed by atoms with E-state index in [2.05, 4.69) is 80.4 Å². The number of nitrogens with one attached hydrogen (secondary N) is 6. The highest BCUT2D eigenvalue weighted by Gasteiger charge is 2.45. The third-order valence-corrected chi connectivity index (χ3v) is 17.5. The average Bonchev–Trinajstić information content (AvgIpc) is 4.42. The molecule has 2 aliphatic heterocycles. The minimum atomic E-state index is -1.21. The molecule has 0 spiro atoms. The quantitative estimate of drug-likeness (QED) is 0.0493. The van der Waals surface area contributed by atoms with Crippen LogP contribution in [0.1, 0.15) is 98.5 Å². The smallest absolute Gasteiger partial charge is 0.315 e. The third-order valence-electron chi connectivity index (χ3n) is 17.5. The van der Waals surface area contributed by atoms with E-state index >= 15 is 0 Å². The number of aromatic nitrogens is 8. The highest BCUT2D eigenvalue weighted by atomic mass is 16.3. The summed E-state index contributed by atoms with van der Waals surface area (Å²) in [6.45, 7) is 6.28. The summed E-state index contributed by atoms with van der Waals surface area (Å²) < 4.78 is 3.54. The molecule has 6 heterocycles. The van der Waals surface area contributed by atoms with Gasteiger partial charge in [0.1, 0.15) is 24.4 Å². The zero-order valence-electron chi connectivity index (χ0n) is 48.1. The van der Waals surface area contributed by atoms with Crippen LogP contribution in [0.3, 0.4) is 0 Å². The number of aliphatic hydroxyl groups excluding tert-OH is 4. The predicted molar refractivity (Wildman–Crippen MR) is 326 cm³/mol. The summed E-state index contributed by atoms with van der Waals surface area (Å²) in [6.07, 6.45) is 0.596. The van der Waals surface area contributed by atoms with Crippen LogP contribution >= 0.6 is 0 Å². The summed E-state index contributed by atoms with van der Waals surface area (Å²) in [5.41, 5.74) is 6.34. The van der Waals surface area contributed by atoms with Gasteiger partial charge in [-0.3, -0.25) is 9.59 Å². The van der Waals surface area contributed by atoms with Gasteiger partial charge in [0.05, 0.1) is 36.8 Å². The van der Waals surface area contributed by atoms with E-state index in [0.29, 0.717) is 98.0 Å². The number of nitrogens with zero attached hydrogens (tertiary/aromatic N) is 10. The molecule has 448 valence electrons. The van der Waals surface area contributed by atoms with E-state index in [-0.39, 0.29) is 67.4 Å². The Hall–Kier alpha value is -8.77. The van der Waals surface area contributed by atoms with Crippen LogP contribution in [0, 0.1) is 0 Å². The standard InChI is InChI=1S/C63H74N16O7/c1-3-49(80)70-45-29-47(55(84)53(45)82)78-35-66-51-57(64-31-43(37-17-9-5-10-18-37)38-19-11-6-12-20-38)72-61(74-59(51)78)76-27-25-41(33-76)68-63(86)69-42-26-28-77(34-42)62-73-58(65-32-44(39-21-13-7-14-22-39)40-23-15-8-16-24-40)52-60(75-62)79(36-67-52)48-30-46(54(83)56(48)85)71-50(81)4-2/h5-24,35-36,41-48,53-56,82-85H,3-4,25-34H2,1-2H3,(H,70,80)(H,71,81)(H,64,72,74)(H,65,73,75)(H2,68,69,86)/t41-,42-,45+,46+,47-,48-,53-,54-,55+,56+/m1/s1. The molecule has 0 radical (unpaired) electrons. The van der Waals surface area contributed by atoms with Gasteiger partial charge in [-0.2, -0.15) is 19.9 Å². The highest BCUT2D eigenvalue weighted by Crippen LogP contribution is 2.38. The van der Waals surface area contributed by atoms with Crippen LogP contribution in [0.2, 0.25) is 0 Å². The van der Waals surface area contributed by atoms with Crippen molar-refractivity contribution in [3.8, 4) is 0 Å². The molecular weight excluding hydrogens is 1090 g/mol. The van der Waals surface area contributed by atoms with Gasteiger partial charge in [-0.15, -0.1) is 0 Å². The fourth-order valence-electron chi connectivity index (χ4n) is 12.8. The van der Waals surface area contributed by atoms with Crippen molar-refractivity contribution in [3.63, 3.8) is 0 Å². The van der Waals surface area contributed by atoms with Crippen LogP contribution in [0.15, 0.2) is 134 Å². The first kappa shape index (κ1) is 57.7. The van der Waals surface area contributed by atoms with Crippen molar-refractivity contribution in [1.82, 2.24) is 60.3 Å². The third kappa shape index (κ3) is 12.1. The lowest BCUT2D eigenvalue weighted by molar-refractivity contribution is -0.123. The molecule has 2 saturated carbocycles. The number of amides is 4. The van der Waals surface area contributed by atoms with E-state index in [9.17, 15) is 34.8 Å². The highest BCUT2D eigenvalue weighted by molar-refractivity contribution is 5.86. The summed E-state index contributed by atoms with van der Waals surface area (Å²) >= 11 is 0. The number of benzene rings is 4. The van der Waals surface area contributed by atoms with Crippen LogP contribution < -0.4 is 41.7 Å². The molecule has 2 aliphatic carbocycles. The van der Waals surface area contributed by atoms with E-state index in [1.54, 1.807) is 35.6 Å². The molecule has 4 aliphatic rings. The molecule has 0 bridgehead atoms. The number of hydrogen-bond donors (Lipinski definition) is 10. The van der Waals surface area contributed by atoms with E-state index in [1.807, 2.05) is 82.6 Å². The molecule has 4 fully saturated rings. The molecule has 86 heavy (non-hydrogen) atoms. The predicted octanol–water partition coefficient (Wildman–Crippen LogP) is 4.73. The molecule has 23 heteroatoms. The van der Waals surface area contributed by atoms with Gasteiger partial charge in [0.25, 0.3) is 0 Å². The molecule has 0 unspecified atom stereocenters. The molecule has 4 aromatic heterocycles. The Bertz CT molecular complexity index is 3320. The Morgan fingerprint density at radius 1 is 0.500 bits per heavy atom. The lowest BCUT2D eigenvalue weighted by Crippen LogP contribution is -2.48. The number of carbonyl (C=O) groups excluding carboxylic acids is 3. The van der Waals surface area contributed by atoms with Crippen LogP contribution in [0.25, 0.3) is 22.3 Å². The fraction of sp³-hybridized carbons (Fsp3) is 0.413. The Kier molecular flexibility index (Phi) is 17.1. The van der Waals surface area contributed by atoms with Gasteiger partial charge < -0.3 is 71.3 Å². The summed E-state index contributed by atoms with van der Waals surface area (Å²) in [5.74, 6) is 1.25. The SMILES string of the molecule is CCC(=O)N[C@H]1C[C@@H](n2cnc3c(NCC(c4ccccc4)c4ccccc4)nc(N4CC[C@@H](NC(=O)N[C@@H]5CCN(c6nc(NCC(c7ccccc7)c7ccccc7)c7ncn([C@@H]8C[C@H](NC(=O)CC)[C@@H](O)[C@H]8O)c7n6)C5)C4)nc32)[C@H](O)[C@@H]1O. The van der Waals surface area contributed by atoms with Crippen LogP contribution in [0.5, 0.6) is 0 Å². The maximum absolute atomic E-state index is 14.0. The van der Waals surface area contributed by atoms with Gasteiger partial charge >= 0.3 is 6.03 Å². The van der Waals surface area contributed by atoms with Crippen molar-refractivity contribution < 1.29 is 34.8 Å². The molecule has 10 atom stereocenters. The number of rotatable bonds is 20. The van der Waals surface area contributed by atoms with Crippen molar-refractivity contribution >= 4 is 63.7 Å². The molecule has 8 aromatic rings. The maximum Gasteiger partial charge on any atom is 0.315 e. The Morgan fingerprint density at radius 3 is 1.21 bits per heavy atom. The summed E-state index contributed by atoms with van der Waals surface area (Å²) in [4.78, 5) is 72.9. The Balaban J connectivity index is 0.765. The van der Waals surface area contributed by atoms with E-state index in [1.165, 1.54) is 0 Å². The number of imidazole rings is 2. The molecular formula is C63H74N16O7. The number of anilines is 4. The normalized spacial score (nSPS) is 23.8. The minimum absolute atomic E-state index is 0.0454. The van der Waals surface area contributed by atoms with Crippen LogP contribution in [0.4, 0.5) is 28.3 Å². The van der Waals surface area contributed by atoms with Crippen molar-refractivity contribution in [3.05, 3.63) is 156 Å². The number of urea groups is 1. The van der Waals surface area contributed by atoms with Gasteiger partial charge in [-0.1, -0.05) is 135 Å². The molecule has 4 amide bonds. The van der Waals surface area contributed by atoms with Gasteiger partial charge in [0.2, 0.25) is 23.7 Å². The molecule has 23 nitrogen and oxygen atoms in total. The second kappa shape index (κ2) is 25.4. The second-order valence-electron chi connectivity index (χ2n) is 23.0. The topological polar surface area (TPSA) is 298 Å². The molecule has 10 N–H and O–H groups in total. The van der Waals surface area contributed by atoms with Crippen molar-refractivity contribution in [1.29, 1.82) is 0 Å². The largest absolute Gasteiger partial charge is 0.388 e. The first-order valence-corrected chi connectivity index (χ1v) is 30.0. The van der Waals surface area contributed by atoms with Gasteiger partial charge in [0, 0.05) is 76.0 Å². The number of aliphatic hydroxyl groups is 4. The van der Waals surface area contributed by atoms with E-state index < -0.39 is 48.6 Å².